The number of fused-ring (bicyclic) bond motifs is 3. The largest absolute Gasteiger partial charge is 0.355 e. The fourth-order valence-electron chi connectivity index (χ4n) is 3.67. The minimum Gasteiger partial charge on any atom is -0.355 e. The van der Waals surface area contributed by atoms with Crippen LogP contribution < -0.4 is 5.32 Å². The minimum atomic E-state index is -0.397. The third-order valence-electron chi connectivity index (χ3n) is 5.15. The summed E-state index contributed by atoms with van der Waals surface area (Å²) in [7, 11) is 0. The zero-order valence-electron chi connectivity index (χ0n) is 17.7. The smallest absolute Gasteiger partial charge is 0.259 e. The number of thioether (sulfide) groups is 1. The van der Waals surface area contributed by atoms with Gasteiger partial charge in [-0.15, -0.1) is 0 Å². The molecule has 2 aromatic rings. The lowest BCUT2D eigenvalue weighted by molar-refractivity contribution is -0.125. The number of hydrogen-bond donors (Lipinski definition) is 1. The lowest BCUT2D eigenvalue weighted by Gasteiger charge is -2.25. The Morgan fingerprint density at radius 1 is 1.13 bits per heavy atom. The topological polar surface area (TPSA) is 74.1 Å². The van der Waals surface area contributed by atoms with Crippen LogP contribution in [0.2, 0.25) is 0 Å². The second kappa shape index (κ2) is 9.47. The van der Waals surface area contributed by atoms with E-state index in [2.05, 4.69) is 24.2 Å². The van der Waals surface area contributed by atoms with Crippen molar-refractivity contribution in [2.24, 2.45) is 15.9 Å². The molecule has 2 aromatic carbocycles. The monoisotopic (exact) mass is 434 g/mol. The number of nitrogens with zero attached hydrogens (tertiary/aromatic N) is 3. The van der Waals surface area contributed by atoms with E-state index in [4.69, 9.17) is 4.99 Å². The SMILES string of the molecule is CC(C)C[C@@H]1N=C2c3ccccc3N=C(SCC(=O)NCCc3ccccc3)N2C1=O. The molecular formula is C24H26N4O2S. The number of benzene rings is 2. The second-order valence-electron chi connectivity index (χ2n) is 8.06. The summed E-state index contributed by atoms with van der Waals surface area (Å²) in [6.07, 6.45) is 1.47. The molecule has 1 atom stereocenters. The van der Waals surface area contributed by atoms with Crippen LogP contribution in [0.1, 0.15) is 31.4 Å². The van der Waals surface area contributed by atoms with E-state index in [1.165, 1.54) is 17.3 Å². The van der Waals surface area contributed by atoms with Crippen LogP contribution in [0.3, 0.4) is 0 Å². The molecule has 0 saturated carbocycles. The van der Waals surface area contributed by atoms with Crippen molar-refractivity contribution in [2.45, 2.75) is 32.7 Å². The standard InChI is InChI=1S/C24H26N4O2S/c1-16(2)14-20-23(30)28-22(26-20)18-10-6-7-11-19(18)27-24(28)31-15-21(29)25-13-12-17-8-4-3-5-9-17/h3-11,16,20H,12-15H2,1-2H3,(H,25,29)/t20-/m0/s1. The number of carbonyl (C=O) groups excluding carboxylic acids is 2. The van der Waals surface area contributed by atoms with Crippen LogP contribution in [0.5, 0.6) is 0 Å². The summed E-state index contributed by atoms with van der Waals surface area (Å²) in [6, 6.07) is 17.3. The maximum Gasteiger partial charge on any atom is 0.259 e. The molecule has 0 aliphatic carbocycles. The molecule has 6 nitrogen and oxygen atoms in total. The molecule has 0 saturated heterocycles. The number of nitrogens with one attached hydrogen (secondary N) is 1. The Morgan fingerprint density at radius 3 is 2.65 bits per heavy atom. The van der Waals surface area contributed by atoms with Gasteiger partial charge in [0, 0.05) is 12.1 Å². The molecule has 1 N–H and O–H groups in total. The number of para-hydroxylation sites is 1. The first kappa shape index (κ1) is 21.3. The van der Waals surface area contributed by atoms with Crippen molar-refractivity contribution in [1.29, 1.82) is 0 Å². The second-order valence-corrected chi connectivity index (χ2v) is 9.00. The molecule has 0 bridgehead atoms. The molecule has 0 radical (unpaired) electrons. The molecule has 0 spiro atoms. The average Bonchev–Trinajstić information content (AvgIpc) is 3.09. The van der Waals surface area contributed by atoms with Crippen molar-refractivity contribution in [3.8, 4) is 0 Å². The van der Waals surface area contributed by atoms with Gasteiger partial charge >= 0.3 is 0 Å². The fourth-order valence-corrected chi connectivity index (χ4v) is 4.50. The molecule has 0 aromatic heterocycles. The number of aliphatic imine (C=N–C) groups is 2. The van der Waals surface area contributed by atoms with Crippen molar-refractivity contribution < 1.29 is 9.59 Å². The van der Waals surface area contributed by atoms with Gasteiger partial charge in [0.05, 0.1) is 11.4 Å². The van der Waals surface area contributed by atoms with E-state index in [9.17, 15) is 9.59 Å². The van der Waals surface area contributed by atoms with Gasteiger partial charge in [-0.2, -0.15) is 0 Å². The van der Waals surface area contributed by atoms with E-state index < -0.39 is 6.04 Å². The van der Waals surface area contributed by atoms with Crippen LogP contribution in [0.25, 0.3) is 0 Å². The Morgan fingerprint density at radius 2 is 1.87 bits per heavy atom. The maximum atomic E-state index is 13.1. The van der Waals surface area contributed by atoms with Gasteiger partial charge in [-0.05, 0) is 36.5 Å². The van der Waals surface area contributed by atoms with E-state index in [0.717, 1.165) is 17.7 Å². The Kier molecular flexibility index (Phi) is 6.51. The van der Waals surface area contributed by atoms with Crippen molar-refractivity contribution in [1.82, 2.24) is 10.2 Å². The molecule has 160 valence electrons. The van der Waals surface area contributed by atoms with Crippen LogP contribution in [0, 0.1) is 5.92 Å². The van der Waals surface area contributed by atoms with Crippen molar-refractivity contribution >= 4 is 40.3 Å². The summed E-state index contributed by atoms with van der Waals surface area (Å²) in [4.78, 5) is 36.5. The third kappa shape index (κ3) is 4.88. The van der Waals surface area contributed by atoms with Gasteiger partial charge in [-0.3, -0.25) is 14.6 Å². The molecule has 0 unspecified atom stereocenters. The van der Waals surface area contributed by atoms with E-state index >= 15 is 0 Å². The van der Waals surface area contributed by atoms with Crippen LogP contribution in [-0.4, -0.2) is 46.1 Å². The zero-order valence-corrected chi connectivity index (χ0v) is 18.6. The number of rotatable bonds is 7. The van der Waals surface area contributed by atoms with Gasteiger partial charge in [-0.25, -0.2) is 9.89 Å². The summed E-state index contributed by atoms with van der Waals surface area (Å²) >= 11 is 1.28. The number of amides is 2. The van der Waals surface area contributed by atoms with Crippen LogP contribution in [-0.2, 0) is 16.0 Å². The number of hydrogen-bond acceptors (Lipinski definition) is 5. The highest BCUT2D eigenvalue weighted by Crippen LogP contribution is 2.34. The minimum absolute atomic E-state index is 0.0612. The highest BCUT2D eigenvalue weighted by Gasteiger charge is 2.41. The van der Waals surface area contributed by atoms with Gasteiger partial charge in [-0.1, -0.05) is 68.1 Å². The van der Waals surface area contributed by atoms with Crippen molar-refractivity contribution in [3.63, 3.8) is 0 Å². The van der Waals surface area contributed by atoms with Gasteiger partial charge in [0.2, 0.25) is 5.91 Å². The van der Waals surface area contributed by atoms with Crippen LogP contribution >= 0.6 is 11.8 Å². The van der Waals surface area contributed by atoms with E-state index in [1.54, 1.807) is 4.90 Å². The lowest BCUT2D eigenvalue weighted by atomic mass is 10.0. The summed E-state index contributed by atoms with van der Waals surface area (Å²) in [5.74, 6) is 1.06. The molecule has 31 heavy (non-hydrogen) atoms. The fraction of sp³-hybridized carbons (Fsp3) is 0.333. The molecule has 0 fully saturated rings. The summed E-state index contributed by atoms with van der Waals surface area (Å²) in [5.41, 5.74) is 2.82. The van der Waals surface area contributed by atoms with Crippen LogP contribution in [0.4, 0.5) is 5.69 Å². The van der Waals surface area contributed by atoms with E-state index in [1.807, 2.05) is 54.6 Å². The highest BCUT2D eigenvalue weighted by atomic mass is 32.2. The summed E-state index contributed by atoms with van der Waals surface area (Å²) in [5, 5.41) is 3.47. The maximum absolute atomic E-state index is 13.1. The molecule has 2 aliphatic rings. The molecule has 2 amide bonds. The first-order chi connectivity index (χ1) is 15.0. The first-order valence-electron chi connectivity index (χ1n) is 10.6. The van der Waals surface area contributed by atoms with Gasteiger partial charge < -0.3 is 5.32 Å². The third-order valence-corrected chi connectivity index (χ3v) is 6.09. The van der Waals surface area contributed by atoms with E-state index in [0.29, 0.717) is 29.9 Å². The zero-order chi connectivity index (χ0) is 21.8. The van der Waals surface area contributed by atoms with Crippen molar-refractivity contribution in [3.05, 3.63) is 65.7 Å². The Balaban J connectivity index is 1.43. The first-order valence-corrected chi connectivity index (χ1v) is 11.5. The van der Waals surface area contributed by atoms with E-state index in [-0.39, 0.29) is 17.6 Å². The Hall–Kier alpha value is -2.93. The summed E-state index contributed by atoms with van der Waals surface area (Å²) in [6.45, 7) is 4.75. The average molecular weight is 435 g/mol. The predicted molar refractivity (Wildman–Crippen MR) is 126 cm³/mol. The molecule has 7 heteroatoms. The Bertz CT molecular complexity index is 1030. The van der Waals surface area contributed by atoms with Gasteiger partial charge in [0.25, 0.3) is 5.91 Å². The number of carbonyl (C=O) groups is 2. The highest BCUT2D eigenvalue weighted by molar-refractivity contribution is 8.14. The Labute approximate surface area is 186 Å². The molecule has 2 heterocycles. The number of amidine groups is 2. The molecule has 4 rings (SSSR count). The predicted octanol–water partition coefficient (Wildman–Crippen LogP) is 3.78. The van der Waals surface area contributed by atoms with Crippen LogP contribution in [0.15, 0.2) is 64.6 Å². The quantitative estimate of drug-likeness (QED) is 0.721. The molecular weight excluding hydrogens is 408 g/mol. The molecule has 2 aliphatic heterocycles. The van der Waals surface area contributed by atoms with Gasteiger partial charge in [0.15, 0.2) is 5.17 Å². The lowest BCUT2D eigenvalue weighted by Crippen LogP contribution is -2.42. The van der Waals surface area contributed by atoms with Crippen molar-refractivity contribution in [2.75, 3.05) is 12.3 Å². The van der Waals surface area contributed by atoms with Gasteiger partial charge in [0.1, 0.15) is 11.9 Å². The summed E-state index contributed by atoms with van der Waals surface area (Å²) < 4.78 is 0. The normalized spacial score (nSPS) is 17.2.